The van der Waals surface area contributed by atoms with Crippen LogP contribution < -0.4 is 5.32 Å². The first-order valence-corrected chi connectivity index (χ1v) is 3.30. The molecule has 0 aromatic carbocycles. The summed E-state index contributed by atoms with van der Waals surface area (Å²) < 4.78 is 35.1. The Labute approximate surface area is 71.1 Å². The van der Waals surface area contributed by atoms with E-state index in [1.807, 2.05) is 0 Å². The van der Waals surface area contributed by atoms with E-state index >= 15 is 0 Å². The molecule has 0 spiro atoms. The Morgan fingerprint density at radius 2 is 2.23 bits per heavy atom. The number of nitrogens with one attached hydrogen (secondary N) is 2. The van der Waals surface area contributed by atoms with E-state index in [0.29, 0.717) is 5.69 Å². The summed E-state index contributed by atoms with van der Waals surface area (Å²) in [6.07, 6.45) is -4.88. The van der Waals surface area contributed by atoms with Crippen LogP contribution in [0.4, 0.5) is 19.0 Å². The number of aromatic amines is 1. The first-order valence-electron chi connectivity index (χ1n) is 3.30. The molecule has 72 valence electrons. The molecule has 1 heterocycles. The van der Waals surface area contributed by atoms with Gasteiger partial charge in [-0.25, -0.2) is 0 Å². The number of amides is 1. The van der Waals surface area contributed by atoms with Crippen molar-refractivity contribution in [3.05, 3.63) is 11.8 Å². The fourth-order valence-corrected chi connectivity index (χ4v) is 0.669. The van der Waals surface area contributed by atoms with Gasteiger partial charge in [0.1, 0.15) is 0 Å². The molecule has 7 heteroatoms. The fourth-order valence-electron chi connectivity index (χ4n) is 0.669. The summed E-state index contributed by atoms with van der Waals surface area (Å²) in [5.41, 5.74) is 0.567. The average molecular weight is 193 g/mol. The zero-order valence-corrected chi connectivity index (χ0v) is 6.57. The van der Waals surface area contributed by atoms with Gasteiger partial charge in [0.05, 0.1) is 0 Å². The minimum absolute atomic E-state index is 0.139. The second-order valence-corrected chi connectivity index (χ2v) is 2.39. The molecule has 1 amide bonds. The van der Waals surface area contributed by atoms with Gasteiger partial charge in [-0.15, -0.1) is 0 Å². The minimum atomic E-state index is -4.88. The van der Waals surface area contributed by atoms with Gasteiger partial charge in [-0.3, -0.25) is 9.89 Å². The second-order valence-electron chi connectivity index (χ2n) is 2.39. The average Bonchev–Trinajstić information content (AvgIpc) is 2.33. The van der Waals surface area contributed by atoms with Gasteiger partial charge in [0.15, 0.2) is 5.82 Å². The van der Waals surface area contributed by atoms with Crippen molar-refractivity contribution in [2.45, 2.75) is 13.1 Å². The largest absolute Gasteiger partial charge is 0.471 e. The molecule has 1 aromatic heterocycles. The van der Waals surface area contributed by atoms with Gasteiger partial charge in [0.2, 0.25) is 0 Å². The molecule has 0 bridgehead atoms. The topological polar surface area (TPSA) is 57.8 Å². The number of hydrogen-bond donors (Lipinski definition) is 2. The van der Waals surface area contributed by atoms with Crippen molar-refractivity contribution < 1.29 is 18.0 Å². The van der Waals surface area contributed by atoms with E-state index in [4.69, 9.17) is 0 Å². The number of carbonyl (C=O) groups excluding carboxylic acids is 1. The normalized spacial score (nSPS) is 11.4. The first-order chi connectivity index (χ1) is 5.89. The molecular formula is C6H6F3N3O. The quantitative estimate of drug-likeness (QED) is 0.704. The summed E-state index contributed by atoms with van der Waals surface area (Å²) in [4.78, 5) is 10.4. The van der Waals surface area contributed by atoms with Crippen molar-refractivity contribution in [1.82, 2.24) is 10.2 Å². The number of halogens is 3. The van der Waals surface area contributed by atoms with E-state index in [1.54, 1.807) is 12.2 Å². The van der Waals surface area contributed by atoms with Crippen molar-refractivity contribution in [3.8, 4) is 0 Å². The SMILES string of the molecule is Cc1cc(NC(=O)C(F)(F)F)n[nH]1. The van der Waals surface area contributed by atoms with Crippen LogP contribution in [0.15, 0.2) is 6.07 Å². The van der Waals surface area contributed by atoms with Crippen LogP contribution in [0.2, 0.25) is 0 Å². The number of rotatable bonds is 1. The van der Waals surface area contributed by atoms with E-state index in [0.717, 1.165) is 0 Å². The maximum atomic E-state index is 11.7. The number of aryl methyl sites for hydroxylation is 1. The Bertz CT molecular complexity index is 317. The highest BCUT2D eigenvalue weighted by Gasteiger charge is 2.38. The van der Waals surface area contributed by atoms with Crippen molar-refractivity contribution in [2.24, 2.45) is 0 Å². The van der Waals surface area contributed by atoms with Crippen LogP contribution in [0.25, 0.3) is 0 Å². The van der Waals surface area contributed by atoms with Crippen LogP contribution in [0.1, 0.15) is 5.69 Å². The number of alkyl halides is 3. The van der Waals surface area contributed by atoms with E-state index in [1.165, 1.54) is 6.07 Å². The standard InChI is InChI=1S/C6H6F3N3O/c1-3-2-4(12-11-3)10-5(13)6(7,8)9/h2H,1H3,(H2,10,11,12,13). The number of hydrogen-bond acceptors (Lipinski definition) is 2. The Kier molecular flexibility index (Phi) is 2.26. The van der Waals surface area contributed by atoms with Crippen LogP contribution >= 0.6 is 0 Å². The molecular weight excluding hydrogens is 187 g/mol. The maximum Gasteiger partial charge on any atom is 0.471 e. The van der Waals surface area contributed by atoms with E-state index in [9.17, 15) is 18.0 Å². The zero-order valence-electron chi connectivity index (χ0n) is 6.57. The summed E-state index contributed by atoms with van der Waals surface area (Å²) in [6.45, 7) is 1.61. The van der Waals surface area contributed by atoms with Crippen LogP contribution in [-0.2, 0) is 4.79 Å². The molecule has 0 saturated carbocycles. The highest BCUT2D eigenvalue weighted by Crippen LogP contribution is 2.17. The highest BCUT2D eigenvalue weighted by molar-refractivity contribution is 5.94. The van der Waals surface area contributed by atoms with Gasteiger partial charge in [0, 0.05) is 11.8 Å². The molecule has 4 nitrogen and oxygen atoms in total. The lowest BCUT2D eigenvalue weighted by Gasteiger charge is -2.03. The number of nitrogens with zero attached hydrogens (tertiary/aromatic N) is 1. The summed E-state index contributed by atoms with van der Waals surface area (Å²) in [6, 6.07) is 1.30. The van der Waals surface area contributed by atoms with Crippen LogP contribution in [0.3, 0.4) is 0 Å². The lowest BCUT2D eigenvalue weighted by Crippen LogP contribution is -2.30. The number of anilines is 1. The third-order valence-corrected chi connectivity index (χ3v) is 1.20. The zero-order chi connectivity index (χ0) is 10.1. The molecule has 0 fully saturated rings. The Morgan fingerprint density at radius 3 is 2.62 bits per heavy atom. The number of H-pyrrole nitrogens is 1. The van der Waals surface area contributed by atoms with Gasteiger partial charge in [0.25, 0.3) is 0 Å². The number of aromatic nitrogens is 2. The monoisotopic (exact) mass is 193 g/mol. The predicted molar refractivity (Wildman–Crippen MR) is 38.0 cm³/mol. The molecule has 0 atom stereocenters. The lowest BCUT2D eigenvalue weighted by molar-refractivity contribution is -0.167. The Balaban J connectivity index is 2.65. The fraction of sp³-hybridized carbons (Fsp3) is 0.333. The lowest BCUT2D eigenvalue weighted by atomic mass is 10.4. The second kappa shape index (κ2) is 3.08. The Morgan fingerprint density at radius 1 is 1.62 bits per heavy atom. The van der Waals surface area contributed by atoms with Crippen molar-refractivity contribution in [3.63, 3.8) is 0 Å². The summed E-state index contributed by atoms with van der Waals surface area (Å²) in [7, 11) is 0. The molecule has 0 unspecified atom stereocenters. The minimum Gasteiger partial charge on any atom is -0.301 e. The number of carbonyl (C=O) groups is 1. The van der Waals surface area contributed by atoms with Crippen LogP contribution in [0.5, 0.6) is 0 Å². The van der Waals surface area contributed by atoms with Gasteiger partial charge in [-0.05, 0) is 6.92 Å². The third-order valence-electron chi connectivity index (χ3n) is 1.20. The molecule has 13 heavy (non-hydrogen) atoms. The van der Waals surface area contributed by atoms with Gasteiger partial charge >= 0.3 is 12.1 Å². The van der Waals surface area contributed by atoms with Crippen molar-refractivity contribution in [1.29, 1.82) is 0 Å². The molecule has 1 aromatic rings. The van der Waals surface area contributed by atoms with E-state index in [2.05, 4.69) is 10.2 Å². The van der Waals surface area contributed by atoms with Gasteiger partial charge < -0.3 is 5.32 Å². The molecule has 0 radical (unpaired) electrons. The van der Waals surface area contributed by atoms with Crippen LogP contribution in [0, 0.1) is 6.92 Å². The predicted octanol–water partition coefficient (Wildman–Crippen LogP) is 1.22. The smallest absolute Gasteiger partial charge is 0.301 e. The molecule has 0 aliphatic heterocycles. The molecule has 1 rings (SSSR count). The molecule has 0 aliphatic carbocycles. The summed E-state index contributed by atoms with van der Waals surface area (Å²) >= 11 is 0. The molecule has 0 aliphatic rings. The summed E-state index contributed by atoms with van der Waals surface area (Å²) in [5.74, 6) is -2.17. The first kappa shape index (κ1) is 9.56. The van der Waals surface area contributed by atoms with Gasteiger partial charge in [-0.1, -0.05) is 0 Å². The van der Waals surface area contributed by atoms with Crippen molar-refractivity contribution >= 4 is 11.7 Å². The highest BCUT2D eigenvalue weighted by atomic mass is 19.4. The van der Waals surface area contributed by atoms with E-state index < -0.39 is 12.1 Å². The van der Waals surface area contributed by atoms with Crippen LogP contribution in [-0.4, -0.2) is 22.3 Å². The summed E-state index contributed by atoms with van der Waals surface area (Å²) in [5, 5.41) is 7.40. The maximum absolute atomic E-state index is 11.7. The van der Waals surface area contributed by atoms with E-state index in [-0.39, 0.29) is 5.82 Å². The van der Waals surface area contributed by atoms with Gasteiger partial charge in [-0.2, -0.15) is 18.3 Å². The van der Waals surface area contributed by atoms with Crippen molar-refractivity contribution in [2.75, 3.05) is 5.32 Å². The third kappa shape index (κ3) is 2.46. The molecule has 2 N–H and O–H groups in total. The molecule has 0 saturated heterocycles. The Hall–Kier alpha value is -1.53.